The summed E-state index contributed by atoms with van der Waals surface area (Å²) in [5.74, 6) is 1.45. The van der Waals surface area contributed by atoms with Gasteiger partial charge in [0.05, 0.1) is 6.04 Å². The lowest BCUT2D eigenvalue weighted by molar-refractivity contribution is -0.146. The van der Waals surface area contributed by atoms with Crippen molar-refractivity contribution in [2.24, 2.45) is 0 Å². The lowest BCUT2D eigenvalue weighted by Crippen LogP contribution is -2.48. The molecule has 1 unspecified atom stereocenters. The van der Waals surface area contributed by atoms with Gasteiger partial charge in [0, 0.05) is 43.5 Å². The maximum absolute atomic E-state index is 13.3. The van der Waals surface area contributed by atoms with Gasteiger partial charge in [-0.1, -0.05) is 17.7 Å². The van der Waals surface area contributed by atoms with Gasteiger partial charge in [0.25, 0.3) is 5.91 Å². The number of aryl methyl sites for hydroxylation is 1. The fraction of sp³-hybridized carbons (Fsp3) is 0.500. The van der Waals surface area contributed by atoms with Crippen molar-refractivity contribution in [3.63, 3.8) is 0 Å². The van der Waals surface area contributed by atoms with Gasteiger partial charge in [-0.3, -0.25) is 4.79 Å². The summed E-state index contributed by atoms with van der Waals surface area (Å²) in [7, 11) is 0. The molecule has 0 spiro atoms. The van der Waals surface area contributed by atoms with Crippen molar-refractivity contribution in [3.8, 4) is 5.75 Å². The van der Waals surface area contributed by atoms with Crippen LogP contribution >= 0.6 is 0 Å². The monoisotopic (exact) mass is 380 g/mol. The molecule has 1 aromatic heterocycles. The minimum Gasteiger partial charge on any atom is -0.478 e. The zero-order chi connectivity index (χ0) is 19.7. The molecule has 0 aliphatic carbocycles. The predicted molar refractivity (Wildman–Crippen MR) is 107 cm³/mol. The Morgan fingerprint density at radius 1 is 1.29 bits per heavy atom. The predicted octanol–water partition coefficient (Wildman–Crippen LogP) is 2.95. The largest absolute Gasteiger partial charge is 0.478 e. The van der Waals surface area contributed by atoms with Gasteiger partial charge in [0.2, 0.25) is 0 Å². The van der Waals surface area contributed by atoms with Crippen molar-refractivity contribution in [1.29, 1.82) is 0 Å². The highest BCUT2D eigenvalue weighted by molar-refractivity contribution is 5.85. The average molecular weight is 380 g/mol. The molecule has 0 saturated carbocycles. The molecule has 0 bridgehead atoms. The minimum absolute atomic E-state index is 0.0152. The molecule has 0 radical (unpaired) electrons. The zero-order valence-corrected chi connectivity index (χ0v) is 16.9. The van der Waals surface area contributed by atoms with Gasteiger partial charge in [-0.05, 0) is 45.7 Å². The average Bonchev–Trinajstić information content (AvgIpc) is 3.18. The zero-order valence-electron chi connectivity index (χ0n) is 16.9. The van der Waals surface area contributed by atoms with Gasteiger partial charge in [0.15, 0.2) is 11.4 Å². The first-order chi connectivity index (χ1) is 13.4. The molecule has 1 aromatic carbocycles. The number of hydrogen-bond acceptors (Lipinski definition) is 5. The van der Waals surface area contributed by atoms with Crippen LogP contribution in [0, 0.1) is 6.92 Å². The van der Waals surface area contributed by atoms with E-state index in [1.165, 1.54) is 0 Å². The van der Waals surface area contributed by atoms with Crippen LogP contribution in [0.2, 0.25) is 0 Å². The van der Waals surface area contributed by atoms with Crippen LogP contribution in [0.25, 0.3) is 0 Å². The van der Waals surface area contributed by atoms with Crippen molar-refractivity contribution in [2.75, 3.05) is 13.1 Å². The summed E-state index contributed by atoms with van der Waals surface area (Å²) in [6.45, 7) is 8.18. The van der Waals surface area contributed by atoms with E-state index >= 15 is 0 Å². The number of benzene rings is 1. The summed E-state index contributed by atoms with van der Waals surface area (Å²) in [6.07, 6.45) is 4.68. The number of fused-ring (bicyclic) bond motifs is 1. The van der Waals surface area contributed by atoms with E-state index in [0.29, 0.717) is 12.3 Å². The van der Waals surface area contributed by atoms with Gasteiger partial charge < -0.3 is 15.0 Å². The summed E-state index contributed by atoms with van der Waals surface area (Å²) in [5, 5.41) is 3.34. The molecule has 1 fully saturated rings. The summed E-state index contributed by atoms with van der Waals surface area (Å²) in [5.41, 5.74) is 2.48. The Bertz CT molecular complexity index is 863. The Morgan fingerprint density at radius 3 is 2.86 bits per heavy atom. The van der Waals surface area contributed by atoms with Crippen LogP contribution in [0.4, 0.5) is 0 Å². The fourth-order valence-electron chi connectivity index (χ4n) is 3.98. The normalized spacial score (nSPS) is 19.4. The van der Waals surface area contributed by atoms with E-state index in [1.807, 2.05) is 56.1 Å². The molecule has 1 N–H and O–H groups in total. The highest BCUT2D eigenvalue weighted by Gasteiger charge is 2.41. The van der Waals surface area contributed by atoms with E-state index in [1.54, 1.807) is 0 Å². The number of carbonyl (C=O) groups is 1. The molecule has 1 amide bonds. The third kappa shape index (κ3) is 3.74. The molecule has 148 valence electrons. The van der Waals surface area contributed by atoms with Crippen molar-refractivity contribution in [2.45, 2.75) is 58.2 Å². The topological polar surface area (TPSA) is 67.3 Å². The van der Waals surface area contributed by atoms with Crippen LogP contribution in [-0.2, 0) is 17.8 Å². The minimum atomic E-state index is -0.948. The molecule has 2 aromatic rings. The third-order valence-electron chi connectivity index (χ3n) is 5.55. The van der Waals surface area contributed by atoms with Crippen LogP contribution in [0.1, 0.15) is 55.4 Å². The Labute approximate surface area is 166 Å². The van der Waals surface area contributed by atoms with E-state index < -0.39 is 5.60 Å². The molecule has 2 aliphatic rings. The van der Waals surface area contributed by atoms with Gasteiger partial charge in [-0.2, -0.15) is 0 Å². The molecular formula is C22H28N4O2. The Balaban J connectivity index is 1.53. The second kappa shape index (κ2) is 7.51. The number of nitrogens with zero attached hydrogens (tertiary/aromatic N) is 3. The highest BCUT2D eigenvalue weighted by atomic mass is 16.5. The Kier molecular flexibility index (Phi) is 5.06. The van der Waals surface area contributed by atoms with Crippen molar-refractivity contribution in [1.82, 2.24) is 20.2 Å². The van der Waals surface area contributed by atoms with Gasteiger partial charge in [-0.15, -0.1) is 0 Å². The lowest BCUT2D eigenvalue weighted by atomic mass is 10.1. The number of amides is 1. The first-order valence-corrected chi connectivity index (χ1v) is 10.1. The summed E-state index contributed by atoms with van der Waals surface area (Å²) in [4.78, 5) is 24.7. The van der Waals surface area contributed by atoms with Gasteiger partial charge >= 0.3 is 0 Å². The van der Waals surface area contributed by atoms with E-state index in [0.717, 1.165) is 55.0 Å². The van der Waals surface area contributed by atoms with Gasteiger partial charge in [0.1, 0.15) is 5.75 Å². The molecule has 1 saturated heterocycles. The molecule has 3 heterocycles. The summed E-state index contributed by atoms with van der Waals surface area (Å²) < 4.78 is 6.07. The summed E-state index contributed by atoms with van der Waals surface area (Å²) in [6, 6.07) is 7.72. The standard InChI is InChI=1S/C22H28N4O2/c1-15-6-8-17(9-7-15)28-22(2,3)21(27)26-12-4-5-19(26)20-24-14-16-13-23-11-10-18(16)25-20/h6-9,14,19,23H,4-5,10-13H2,1-3H3. The first-order valence-electron chi connectivity index (χ1n) is 10.1. The van der Waals surface area contributed by atoms with Crippen LogP contribution in [0.5, 0.6) is 5.75 Å². The Hall–Kier alpha value is -2.47. The van der Waals surface area contributed by atoms with Gasteiger partial charge in [-0.25, -0.2) is 9.97 Å². The fourth-order valence-corrected chi connectivity index (χ4v) is 3.98. The van der Waals surface area contributed by atoms with E-state index in [4.69, 9.17) is 9.72 Å². The molecule has 6 heteroatoms. The maximum Gasteiger partial charge on any atom is 0.266 e. The first kappa shape index (κ1) is 18.9. The molecule has 4 rings (SSSR count). The number of ether oxygens (including phenoxy) is 1. The summed E-state index contributed by atoms with van der Waals surface area (Å²) >= 11 is 0. The van der Waals surface area contributed by atoms with Crippen molar-refractivity contribution < 1.29 is 9.53 Å². The van der Waals surface area contributed by atoms with Crippen LogP contribution < -0.4 is 10.1 Å². The van der Waals surface area contributed by atoms with E-state index in [2.05, 4.69) is 10.3 Å². The maximum atomic E-state index is 13.3. The lowest BCUT2D eigenvalue weighted by Gasteiger charge is -2.33. The smallest absolute Gasteiger partial charge is 0.266 e. The molecule has 1 atom stereocenters. The van der Waals surface area contributed by atoms with Crippen LogP contribution in [0.15, 0.2) is 30.5 Å². The molecule has 6 nitrogen and oxygen atoms in total. The van der Waals surface area contributed by atoms with E-state index in [-0.39, 0.29) is 11.9 Å². The number of carbonyl (C=O) groups excluding carboxylic acids is 1. The van der Waals surface area contributed by atoms with Crippen LogP contribution in [-0.4, -0.2) is 39.5 Å². The van der Waals surface area contributed by atoms with E-state index in [9.17, 15) is 4.79 Å². The second-order valence-corrected chi connectivity index (χ2v) is 8.21. The number of aromatic nitrogens is 2. The van der Waals surface area contributed by atoms with Crippen LogP contribution in [0.3, 0.4) is 0 Å². The third-order valence-corrected chi connectivity index (χ3v) is 5.55. The number of rotatable bonds is 4. The number of likely N-dealkylation sites (tertiary alicyclic amines) is 1. The highest BCUT2D eigenvalue weighted by Crippen LogP contribution is 2.33. The SMILES string of the molecule is Cc1ccc(OC(C)(C)C(=O)N2CCCC2c2ncc3c(n2)CCNC3)cc1. The molecule has 28 heavy (non-hydrogen) atoms. The second-order valence-electron chi connectivity index (χ2n) is 8.21. The molecular weight excluding hydrogens is 352 g/mol. The quantitative estimate of drug-likeness (QED) is 0.883. The number of hydrogen-bond donors (Lipinski definition) is 1. The molecule has 2 aliphatic heterocycles. The van der Waals surface area contributed by atoms with Crippen molar-refractivity contribution in [3.05, 3.63) is 53.1 Å². The number of nitrogens with one attached hydrogen (secondary N) is 1. The van der Waals surface area contributed by atoms with Crippen molar-refractivity contribution >= 4 is 5.91 Å². The Morgan fingerprint density at radius 2 is 2.07 bits per heavy atom.